The molecule has 0 aliphatic carbocycles. The third-order valence-electron chi connectivity index (χ3n) is 4.30. The molecule has 25 heavy (non-hydrogen) atoms. The van der Waals surface area contributed by atoms with Gasteiger partial charge in [-0.15, -0.1) is 0 Å². The highest BCUT2D eigenvalue weighted by Gasteiger charge is 2.17. The molecule has 1 aliphatic heterocycles. The second-order valence-corrected chi connectivity index (χ2v) is 6.43. The minimum atomic E-state index is -0.942. The molecule has 0 bridgehead atoms. The Morgan fingerprint density at radius 2 is 1.84 bits per heavy atom. The quantitative estimate of drug-likeness (QED) is 0.857. The molecule has 2 aromatic rings. The fourth-order valence-corrected chi connectivity index (χ4v) is 3.10. The van der Waals surface area contributed by atoms with Crippen LogP contribution < -0.4 is 9.64 Å². The lowest BCUT2D eigenvalue weighted by Crippen LogP contribution is -2.47. The van der Waals surface area contributed by atoms with Crippen LogP contribution >= 0.6 is 11.6 Å². The van der Waals surface area contributed by atoms with Gasteiger partial charge in [-0.25, -0.2) is 4.79 Å². The Bertz CT molecular complexity index is 730. The van der Waals surface area contributed by atoms with E-state index in [1.54, 1.807) is 24.3 Å². The lowest BCUT2D eigenvalue weighted by molar-refractivity contribution is 0.0696. The van der Waals surface area contributed by atoms with Crippen molar-refractivity contribution in [3.05, 3.63) is 59.1 Å². The summed E-state index contributed by atoms with van der Waals surface area (Å²) >= 11 is 6.06. The predicted molar refractivity (Wildman–Crippen MR) is 99.0 cm³/mol. The number of piperazine rings is 1. The summed E-state index contributed by atoms with van der Waals surface area (Å²) in [4.78, 5) is 15.6. The number of hydrogen-bond acceptors (Lipinski definition) is 4. The molecule has 3 rings (SSSR count). The number of aromatic carboxylic acids is 1. The van der Waals surface area contributed by atoms with Gasteiger partial charge in [0.1, 0.15) is 12.4 Å². The highest BCUT2D eigenvalue weighted by atomic mass is 35.5. The van der Waals surface area contributed by atoms with Gasteiger partial charge in [0.2, 0.25) is 0 Å². The van der Waals surface area contributed by atoms with Crippen molar-refractivity contribution in [1.29, 1.82) is 0 Å². The van der Waals surface area contributed by atoms with Crippen molar-refractivity contribution in [3.8, 4) is 5.75 Å². The van der Waals surface area contributed by atoms with Crippen molar-refractivity contribution in [1.82, 2.24) is 4.90 Å². The highest BCUT2D eigenvalue weighted by Crippen LogP contribution is 2.20. The minimum Gasteiger partial charge on any atom is -0.492 e. The summed E-state index contributed by atoms with van der Waals surface area (Å²) in [6.07, 6.45) is 0. The molecule has 1 N–H and O–H groups in total. The molecule has 0 saturated carbocycles. The van der Waals surface area contributed by atoms with Gasteiger partial charge in [0.25, 0.3) is 0 Å². The maximum absolute atomic E-state index is 11.0. The zero-order chi connectivity index (χ0) is 17.6. The molecule has 0 aromatic heterocycles. The van der Waals surface area contributed by atoms with E-state index in [0.29, 0.717) is 12.4 Å². The molecule has 132 valence electrons. The molecular weight excluding hydrogens is 340 g/mol. The Morgan fingerprint density at radius 1 is 1.08 bits per heavy atom. The van der Waals surface area contributed by atoms with Crippen molar-refractivity contribution in [3.63, 3.8) is 0 Å². The zero-order valence-corrected chi connectivity index (χ0v) is 14.7. The molecule has 1 fully saturated rings. The van der Waals surface area contributed by atoms with Gasteiger partial charge in [0.15, 0.2) is 0 Å². The van der Waals surface area contributed by atoms with Crippen molar-refractivity contribution < 1.29 is 14.6 Å². The molecule has 5 nitrogen and oxygen atoms in total. The Morgan fingerprint density at radius 3 is 2.56 bits per heavy atom. The molecule has 1 heterocycles. The van der Waals surface area contributed by atoms with Crippen LogP contribution in [0.1, 0.15) is 10.4 Å². The molecule has 0 atom stereocenters. The van der Waals surface area contributed by atoms with E-state index in [1.165, 1.54) is 0 Å². The van der Waals surface area contributed by atoms with E-state index in [4.69, 9.17) is 21.4 Å². The summed E-state index contributed by atoms with van der Waals surface area (Å²) in [6.45, 7) is 5.20. The number of ether oxygens (including phenoxy) is 1. The number of benzene rings is 2. The van der Waals surface area contributed by atoms with E-state index >= 15 is 0 Å². The van der Waals surface area contributed by atoms with E-state index in [9.17, 15) is 4.79 Å². The first-order valence-electron chi connectivity index (χ1n) is 8.31. The first kappa shape index (κ1) is 17.6. The van der Waals surface area contributed by atoms with E-state index < -0.39 is 5.97 Å². The topological polar surface area (TPSA) is 53.0 Å². The summed E-state index contributed by atoms with van der Waals surface area (Å²) in [7, 11) is 0. The lowest BCUT2D eigenvalue weighted by atomic mass is 10.2. The van der Waals surface area contributed by atoms with E-state index in [1.807, 2.05) is 18.2 Å². The first-order chi connectivity index (χ1) is 12.1. The van der Waals surface area contributed by atoms with Crippen molar-refractivity contribution >= 4 is 23.3 Å². The Labute approximate surface area is 152 Å². The standard InChI is InChI=1S/C19H21ClN2O3/c20-16-4-2-5-17(14-16)22-9-7-21(8-10-22)11-12-25-18-6-1-3-15(13-18)19(23)24/h1-6,13-14H,7-12H2,(H,23,24). The van der Waals surface area contributed by atoms with Crippen LogP contribution in [0.2, 0.25) is 5.02 Å². The maximum atomic E-state index is 11.0. The van der Waals surface area contributed by atoms with Crippen molar-refractivity contribution in [2.45, 2.75) is 0 Å². The average Bonchev–Trinajstić information content (AvgIpc) is 2.62. The molecular formula is C19H21ClN2O3. The molecule has 0 amide bonds. The van der Waals surface area contributed by atoms with Gasteiger partial charge in [0, 0.05) is 43.4 Å². The van der Waals surface area contributed by atoms with Gasteiger partial charge in [-0.2, -0.15) is 0 Å². The normalized spacial score (nSPS) is 15.2. The molecule has 0 radical (unpaired) electrons. The van der Waals surface area contributed by atoms with E-state index in [-0.39, 0.29) is 5.56 Å². The number of rotatable bonds is 6. The second-order valence-electron chi connectivity index (χ2n) is 5.99. The summed E-state index contributed by atoms with van der Waals surface area (Å²) in [6, 6.07) is 14.5. The van der Waals surface area contributed by atoms with Crippen LogP contribution in [0.4, 0.5) is 5.69 Å². The van der Waals surface area contributed by atoms with Crippen LogP contribution in [-0.2, 0) is 0 Å². The lowest BCUT2D eigenvalue weighted by Gasteiger charge is -2.36. The number of halogens is 1. The van der Waals surface area contributed by atoms with Crippen molar-refractivity contribution in [2.75, 3.05) is 44.2 Å². The third-order valence-corrected chi connectivity index (χ3v) is 4.54. The van der Waals surface area contributed by atoms with Crippen LogP contribution in [-0.4, -0.2) is 55.3 Å². The molecule has 0 spiro atoms. The monoisotopic (exact) mass is 360 g/mol. The predicted octanol–water partition coefficient (Wildman–Crippen LogP) is 3.24. The molecule has 1 saturated heterocycles. The Balaban J connectivity index is 1.44. The molecule has 0 unspecified atom stereocenters. The smallest absolute Gasteiger partial charge is 0.335 e. The van der Waals surface area contributed by atoms with E-state index in [2.05, 4.69) is 15.9 Å². The van der Waals surface area contributed by atoms with Gasteiger partial charge >= 0.3 is 5.97 Å². The fraction of sp³-hybridized carbons (Fsp3) is 0.316. The number of carbonyl (C=O) groups is 1. The number of anilines is 1. The SMILES string of the molecule is O=C(O)c1cccc(OCCN2CCN(c3cccc(Cl)c3)CC2)c1. The summed E-state index contributed by atoms with van der Waals surface area (Å²) in [5.74, 6) is -0.347. The van der Waals surface area contributed by atoms with Crippen LogP contribution in [0.25, 0.3) is 0 Å². The molecule has 6 heteroatoms. The Hall–Kier alpha value is -2.24. The Kier molecular flexibility index (Phi) is 5.79. The fourth-order valence-electron chi connectivity index (χ4n) is 2.91. The first-order valence-corrected chi connectivity index (χ1v) is 8.68. The number of carboxylic acids is 1. The van der Waals surface area contributed by atoms with Crippen molar-refractivity contribution in [2.24, 2.45) is 0 Å². The summed E-state index contributed by atoms with van der Waals surface area (Å²) in [5.41, 5.74) is 1.40. The minimum absolute atomic E-state index is 0.243. The number of nitrogens with zero attached hydrogens (tertiary/aromatic N) is 2. The van der Waals surface area contributed by atoms with Gasteiger partial charge in [-0.3, -0.25) is 4.90 Å². The van der Waals surface area contributed by atoms with Crippen LogP contribution in [0.5, 0.6) is 5.75 Å². The number of carboxylic acid groups (broad SMARTS) is 1. The molecule has 1 aliphatic rings. The highest BCUT2D eigenvalue weighted by molar-refractivity contribution is 6.30. The van der Waals surface area contributed by atoms with Crippen LogP contribution in [0.3, 0.4) is 0 Å². The van der Waals surface area contributed by atoms with E-state index in [0.717, 1.165) is 43.4 Å². The maximum Gasteiger partial charge on any atom is 0.335 e. The summed E-state index contributed by atoms with van der Waals surface area (Å²) in [5, 5.41) is 9.76. The average molecular weight is 361 g/mol. The second kappa shape index (κ2) is 8.23. The molecule has 2 aromatic carbocycles. The van der Waals surface area contributed by atoms with Gasteiger partial charge < -0.3 is 14.7 Å². The van der Waals surface area contributed by atoms with Gasteiger partial charge in [-0.1, -0.05) is 23.7 Å². The van der Waals surface area contributed by atoms with Crippen LogP contribution in [0, 0.1) is 0 Å². The zero-order valence-electron chi connectivity index (χ0n) is 13.9. The van der Waals surface area contributed by atoms with Gasteiger partial charge in [0.05, 0.1) is 5.56 Å². The largest absolute Gasteiger partial charge is 0.492 e. The van der Waals surface area contributed by atoms with Gasteiger partial charge in [-0.05, 0) is 36.4 Å². The van der Waals surface area contributed by atoms with Crippen LogP contribution in [0.15, 0.2) is 48.5 Å². The number of hydrogen-bond donors (Lipinski definition) is 1. The third kappa shape index (κ3) is 4.87. The summed E-state index contributed by atoms with van der Waals surface area (Å²) < 4.78 is 5.69.